The third-order valence-electron chi connectivity index (χ3n) is 3.31. The molecule has 0 amide bonds. The summed E-state index contributed by atoms with van der Waals surface area (Å²) in [5.74, 6) is 0. The summed E-state index contributed by atoms with van der Waals surface area (Å²) in [6, 6.07) is 20.8. The predicted octanol–water partition coefficient (Wildman–Crippen LogP) is 2.86. The van der Waals surface area contributed by atoms with Crippen LogP contribution in [0, 0.1) is 0 Å². The quantitative estimate of drug-likeness (QED) is 0.848. The average molecular weight is 225 g/mol. The second-order valence-corrected chi connectivity index (χ2v) is 4.31. The maximum atomic E-state index is 5.86. The van der Waals surface area contributed by atoms with Gasteiger partial charge in [-0.15, -0.1) is 0 Å². The number of hydroxylamine groups is 1. The van der Waals surface area contributed by atoms with E-state index in [0.717, 1.165) is 13.0 Å². The zero-order valence-electron chi connectivity index (χ0n) is 9.60. The van der Waals surface area contributed by atoms with Crippen LogP contribution in [0.2, 0.25) is 0 Å². The van der Waals surface area contributed by atoms with Gasteiger partial charge in [0.15, 0.2) is 0 Å². The van der Waals surface area contributed by atoms with E-state index in [0.29, 0.717) is 0 Å². The molecule has 1 fully saturated rings. The molecule has 2 nitrogen and oxygen atoms in total. The van der Waals surface area contributed by atoms with E-state index in [2.05, 4.69) is 54.0 Å². The minimum Gasteiger partial charge on any atom is -0.286 e. The Morgan fingerprint density at radius 2 is 1.35 bits per heavy atom. The van der Waals surface area contributed by atoms with Gasteiger partial charge in [-0.1, -0.05) is 60.7 Å². The van der Waals surface area contributed by atoms with Gasteiger partial charge in [0.1, 0.15) is 5.60 Å². The summed E-state index contributed by atoms with van der Waals surface area (Å²) in [5.41, 5.74) is 5.09. The SMILES string of the molecule is c1ccc(C2(c3ccccc3)CCNO2)cc1. The third kappa shape index (κ3) is 1.75. The largest absolute Gasteiger partial charge is 0.286 e. The van der Waals surface area contributed by atoms with Crippen molar-refractivity contribution < 1.29 is 4.84 Å². The first-order chi connectivity index (χ1) is 8.42. The summed E-state index contributed by atoms with van der Waals surface area (Å²) in [6.07, 6.45) is 0.959. The van der Waals surface area contributed by atoms with Gasteiger partial charge in [0.25, 0.3) is 0 Å². The van der Waals surface area contributed by atoms with Gasteiger partial charge in [-0.25, -0.2) is 5.48 Å². The van der Waals surface area contributed by atoms with Crippen molar-refractivity contribution in [3.8, 4) is 0 Å². The molecule has 1 saturated heterocycles. The molecule has 86 valence electrons. The van der Waals surface area contributed by atoms with Gasteiger partial charge in [0.05, 0.1) is 0 Å². The molecule has 0 saturated carbocycles. The number of hydrogen-bond donors (Lipinski definition) is 1. The number of nitrogens with one attached hydrogen (secondary N) is 1. The van der Waals surface area contributed by atoms with Crippen molar-refractivity contribution in [2.45, 2.75) is 12.0 Å². The molecule has 3 rings (SSSR count). The van der Waals surface area contributed by atoms with Gasteiger partial charge >= 0.3 is 0 Å². The Labute approximate surface area is 101 Å². The standard InChI is InChI=1S/C15H15NO/c1-3-7-13(8-4-1)15(11-12-16-17-15)14-9-5-2-6-10-14/h1-10,16H,11-12H2. The minimum atomic E-state index is -0.331. The summed E-state index contributed by atoms with van der Waals surface area (Å²) >= 11 is 0. The van der Waals surface area contributed by atoms with Crippen LogP contribution >= 0.6 is 0 Å². The van der Waals surface area contributed by atoms with Crippen LogP contribution in [0.25, 0.3) is 0 Å². The molecule has 17 heavy (non-hydrogen) atoms. The van der Waals surface area contributed by atoms with Crippen molar-refractivity contribution in [1.29, 1.82) is 0 Å². The lowest BCUT2D eigenvalue weighted by Crippen LogP contribution is -2.27. The van der Waals surface area contributed by atoms with Crippen molar-refractivity contribution in [2.24, 2.45) is 0 Å². The average Bonchev–Trinajstić information content (AvgIpc) is 2.91. The molecule has 2 aromatic carbocycles. The molecule has 0 atom stereocenters. The lowest BCUT2D eigenvalue weighted by atomic mass is 9.84. The molecule has 0 spiro atoms. The highest BCUT2D eigenvalue weighted by Gasteiger charge is 2.39. The first-order valence-corrected chi connectivity index (χ1v) is 5.94. The molecule has 2 aromatic rings. The second-order valence-electron chi connectivity index (χ2n) is 4.31. The highest BCUT2D eigenvalue weighted by atomic mass is 16.7. The van der Waals surface area contributed by atoms with Crippen molar-refractivity contribution >= 4 is 0 Å². The highest BCUT2D eigenvalue weighted by molar-refractivity contribution is 5.36. The molecule has 0 unspecified atom stereocenters. The Balaban J connectivity index is 2.11. The Bertz CT molecular complexity index is 433. The number of rotatable bonds is 2. The molecule has 0 aromatic heterocycles. The van der Waals surface area contributed by atoms with Crippen LogP contribution in [-0.2, 0) is 10.4 Å². The van der Waals surface area contributed by atoms with Crippen LogP contribution < -0.4 is 5.48 Å². The molecule has 0 bridgehead atoms. The lowest BCUT2D eigenvalue weighted by molar-refractivity contribution is -0.0282. The van der Waals surface area contributed by atoms with Crippen LogP contribution in [0.4, 0.5) is 0 Å². The number of benzene rings is 2. The van der Waals surface area contributed by atoms with Crippen LogP contribution in [0.15, 0.2) is 60.7 Å². The zero-order valence-corrected chi connectivity index (χ0v) is 9.60. The smallest absolute Gasteiger partial charge is 0.141 e. The van der Waals surface area contributed by atoms with E-state index in [1.54, 1.807) is 0 Å². The molecule has 0 aliphatic carbocycles. The first-order valence-electron chi connectivity index (χ1n) is 5.94. The molecule has 1 aliphatic rings. The first kappa shape index (κ1) is 10.5. The molecular formula is C15H15NO. The summed E-state index contributed by atoms with van der Waals surface area (Å²) in [5, 5.41) is 0. The van der Waals surface area contributed by atoms with Gasteiger partial charge in [-0.05, 0) is 11.1 Å². The van der Waals surface area contributed by atoms with E-state index in [-0.39, 0.29) is 5.60 Å². The van der Waals surface area contributed by atoms with Crippen molar-refractivity contribution in [1.82, 2.24) is 5.48 Å². The van der Waals surface area contributed by atoms with Crippen molar-refractivity contribution in [3.05, 3.63) is 71.8 Å². The molecule has 2 heteroatoms. The van der Waals surface area contributed by atoms with Crippen LogP contribution in [0.5, 0.6) is 0 Å². The topological polar surface area (TPSA) is 21.3 Å². The van der Waals surface area contributed by atoms with Gasteiger partial charge in [-0.2, -0.15) is 0 Å². The fraction of sp³-hybridized carbons (Fsp3) is 0.200. The monoisotopic (exact) mass is 225 g/mol. The summed E-state index contributed by atoms with van der Waals surface area (Å²) < 4.78 is 0. The van der Waals surface area contributed by atoms with Crippen molar-refractivity contribution in [2.75, 3.05) is 6.54 Å². The number of hydrogen-bond acceptors (Lipinski definition) is 2. The van der Waals surface area contributed by atoms with E-state index < -0.39 is 0 Å². The van der Waals surface area contributed by atoms with E-state index >= 15 is 0 Å². The summed E-state index contributed by atoms with van der Waals surface area (Å²) in [6.45, 7) is 0.879. The van der Waals surface area contributed by atoms with E-state index in [4.69, 9.17) is 4.84 Å². The lowest BCUT2D eigenvalue weighted by Gasteiger charge is -2.28. The zero-order chi connectivity index (χ0) is 11.6. The van der Waals surface area contributed by atoms with E-state index in [1.165, 1.54) is 11.1 Å². The molecule has 1 aliphatic heterocycles. The minimum absolute atomic E-state index is 0.331. The second kappa shape index (κ2) is 4.32. The van der Waals surface area contributed by atoms with Gasteiger partial charge in [0.2, 0.25) is 0 Å². The normalized spacial score (nSPS) is 18.1. The fourth-order valence-corrected chi connectivity index (χ4v) is 2.44. The van der Waals surface area contributed by atoms with Crippen molar-refractivity contribution in [3.63, 3.8) is 0 Å². The van der Waals surface area contributed by atoms with Crippen LogP contribution in [0.3, 0.4) is 0 Å². The van der Waals surface area contributed by atoms with E-state index in [9.17, 15) is 0 Å². The highest BCUT2D eigenvalue weighted by Crippen LogP contribution is 2.38. The van der Waals surface area contributed by atoms with Crippen LogP contribution in [0.1, 0.15) is 17.5 Å². The molecular weight excluding hydrogens is 210 g/mol. The third-order valence-corrected chi connectivity index (χ3v) is 3.31. The van der Waals surface area contributed by atoms with Gasteiger partial charge in [-0.3, -0.25) is 4.84 Å². The maximum Gasteiger partial charge on any atom is 0.141 e. The van der Waals surface area contributed by atoms with Gasteiger partial charge < -0.3 is 0 Å². The van der Waals surface area contributed by atoms with E-state index in [1.807, 2.05) is 12.1 Å². The van der Waals surface area contributed by atoms with Gasteiger partial charge in [0, 0.05) is 13.0 Å². The molecule has 1 heterocycles. The van der Waals surface area contributed by atoms with Crippen LogP contribution in [-0.4, -0.2) is 6.54 Å². The Morgan fingerprint density at radius 3 is 1.76 bits per heavy atom. The maximum absolute atomic E-state index is 5.86. The molecule has 0 radical (unpaired) electrons. The molecule has 1 N–H and O–H groups in total. The summed E-state index contributed by atoms with van der Waals surface area (Å²) in [7, 11) is 0. The summed E-state index contributed by atoms with van der Waals surface area (Å²) in [4.78, 5) is 5.86. The fourth-order valence-electron chi connectivity index (χ4n) is 2.44. The Morgan fingerprint density at radius 1 is 0.824 bits per heavy atom. The Hall–Kier alpha value is -1.64. The Kier molecular flexibility index (Phi) is 2.67. The predicted molar refractivity (Wildman–Crippen MR) is 67.4 cm³/mol.